The minimum Gasteiger partial charge on any atom is -0.465 e. The van der Waals surface area contributed by atoms with Crippen molar-refractivity contribution in [2.45, 2.75) is 31.7 Å². The number of pyridine rings is 1. The molecule has 0 aromatic carbocycles. The lowest BCUT2D eigenvalue weighted by molar-refractivity contribution is 0.0601. The molecule has 0 atom stereocenters. The zero-order valence-electron chi connectivity index (χ0n) is 11.1. The van der Waals surface area contributed by atoms with Gasteiger partial charge in [-0.25, -0.2) is 9.78 Å². The van der Waals surface area contributed by atoms with E-state index < -0.39 is 0 Å². The van der Waals surface area contributed by atoms with Gasteiger partial charge in [0.05, 0.1) is 19.0 Å². The Kier molecular flexibility index (Phi) is 3.05. The van der Waals surface area contributed by atoms with Crippen LogP contribution in [-0.4, -0.2) is 30.6 Å². The number of esters is 1. The van der Waals surface area contributed by atoms with Crippen LogP contribution >= 0.6 is 0 Å². The number of hydrogen-bond acceptors (Lipinski definition) is 5. The molecule has 1 heterocycles. The Bertz CT molecular complexity index is 495. The summed E-state index contributed by atoms with van der Waals surface area (Å²) in [6.45, 7) is 0.992. The van der Waals surface area contributed by atoms with Crippen LogP contribution in [0.25, 0.3) is 0 Å². The van der Waals surface area contributed by atoms with Crippen molar-refractivity contribution >= 4 is 17.5 Å². The molecule has 0 spiro atoms. The van der Waals surface area contributed by atoms with Crippen LogP contribution in [0.15, 0.2) is 12.3 Å². The molecule has 2 aliphatic carbocycles. The van der Waals surface area contributed by atoms with Gasteiger partial charge in [0.1, 0.15) is 11.4 Å². The average molecular weight is 261 g/mol. The number of hydrogen-bond donors (Lipinski definition) is 1. The van der Waals surface area contributed by atoms with E-state index in [4.69, 9.17) is 10.5 Å². The molecule has 2 aliphatic rings. The maximum absolute atomic E-state index is 11.9. The third kappa shape index (κ3) is 2.64. The highest BCUT2D eigenvalue weighted by Crippen LogP contribution is 2.38. The fraction of sp³-hybridized carbons (Fsp3) is 0.571. The van der Waals surface area contributed by atoms with Gasteiger partial charge in [-0.1, -0.05) is 0 Å². The quantitative estimate of drug-likeness (QED) is 0.819. The second-order valence-corrected chi connectivity index (χ2v) is 5.46. The first-order valence-electron chi connectivity index (χ1n) is 6.79. The summed E-state index contributed by atoms with van der Waals surface area (Å²) in [6.07, 6.45) is 6.54. The molecule has 0 unspecified atom stereocenters. The number of carbonyl (C=O) groups is 1. The molecule has 19 heavy (non-hydrogen) atoms. The maximum atomic E-state index is 11.9. The zero-order chi connectivity index (χ0) is 13.4. The van der Waals surface area contributed by atoms with Crippen LogP contribution in [0.1, 0.15) is 36.0 Å². The van der Waals surface area contributed by atoms with Crippen molar-refractivity contribution in [3.63, 3.8) is 0 Å². The van der Waals surface area contributed by atoms with Gasteiger partial charge in [0.2, 0.25) is 0 Å². The normalized spacial score (nSPS) is 18.2. The molecule has 3 rings (SSSR count). The first kappa shape index (κ1) is 12.3. The van der Waals surface area contributed by atoms with Crippen LogP contribution in [0, 0.1) is 5.92 Å². The summed E-state index contributed by atoms with van der Waals surface area (Å²) in [5.74, 6) is 1.12. The Balaban J connectivity index is 1.93. The maximum Gasteiger partial charge on any atom is 0.341 e. The lowest BCUT2D eigenvalue weighted by Gasteiger charge is -2.25. The number of nitrogen functional groups attached to an aromatic ring is 1. The van der Waals surface area contributed by atoms with Gasteiger partial charge in [-0.05, 0) is 37.7 Å². The van der Waals surface area contributed by atoms with Crippen molar-refractivity contribution in [2.24, 2.45) is 5.92 Å². The van der Waals surface area contributed by atoms with E-state index in [1.165, 1.54) is 32.8 Å². The molecule has 5 nitrogen and oxygen atoms in total. The molecule has 2 fully saturated rings. The highest BCUT2D eigenvalue weighted by atomic mass is 16.5. The number of methoxy groups -OCH3 is 1. The third-order valence-electron chi connectivity index (χ3n) is 3.70. The predicted molar refractivity (Wildman–Crippen MR) is 73.1 cm³/mol. The molecule has 0 aliphatic heterocycles. The van der Waals surface area contributed by atoms with E-state index >= 15 is 0 Å². The summed E-state index contributed by atoms with van der Waals surface area (Å²) < 4.78 is 4.84. The molecule has 2 saturated carbocycles. The Morgan fingerprint density at radius 1 is 1.47 bits per heavy atom. The van der Waals surface area contributed by atoms with Crippen LogP contribution in [0.5, 0.6) is 0 Å². The van der Waals surface area contributed by atoms with Crippen LogP contribution in [0.3, 0.4) is 0 Å². The Morgan fingerprint density at radius 3 is 2.79 bits per heavy atom. The van der Waals surface area contributed by atoms with E-state index in [1.807, 2.05) is 0 Å². The molecule has 5 heteroatoms. The highest BCUT2D eigenvalue weighted by Gasteiger charge is 2.36. The second-order valence-electron chi connectivity index (χ2n) is 5.46. The fourth-order valence-corrected chi connectivity index (χ4v) is 2.34. The predicted octanol–water partition coefficient (Wildman–Crippen LogP) is 1.83. The summed E-state index contributed by atoms with van der Waals surface area (Å²) in [5, 5.41) is 0. The summed E-state index contributed by atoms with van der Waals surface area (Å²) in [5.41, 5.74) is 6.71. The second kappa shape index (κ2) is 4.72. The zero-order valence-corrected chi connectivity index (χ0v) is 11.1. The summed E-state index contributed by atoms with van der Waals surface area (Å²) in [6, 6.07) is 2.19. The lowest BCUT2D eigenvalue weighted by Crippen LogP contribution is -2.30. The van der Waals surface area contributed by atoms with Gasteiger partial charge in [0.25, 0.3) is 0 Å². The van der Waals surface area contributed by atoms with Crippen LogP contribution < -0.4 is 10.6 Å². The molecule has 0 saturated heterocycles. The van der Waals surface area contributed by atoms with Crippen molar-refractivity contribution < 1.29 is 9.53 Å². The van der Waals surface area contributed by atoms with Gasteiger partial charge < -0.3 is 15.4 Å². The Hall–Kier alpha value is -1.78. The van der Waals surface area contributed by atoms with Crippen molar-refractivity contribution in [3.05, 3.63) is 17.8 Å². The minimum absolute atomic E-state index is 0.365. The van der Waals surface area contributed by atoms with E-state index in [0.29, 0.717) is 17.3 Å². The SMILES string of the molecule is COC(=O)c1cc(N)cnc1N(CC1CC1)C1CC1. The monoisotopic (exact) mass is 261 g/mol. The number of rotatable bonds is 5. The van der Waals surface area contributed by atoms with Crippen molar-refractivity contribution in [1.29, 1.82) is 0 Å². The van der Waals surface area contributed by atoms with Gasteiger partial charge in [-0.15, -0.1) is 0 Å². The molecule has 102 valence electrons. The van der Waals surface area contributed by atoms with Crippen LogP contribution in [0.2, 0.25) is 0 Å². The number of anilines is 2. The highest BCUT2D eigenvalue weighted by molar-refractivity contribution is 5.95. The van der Waals surface area contributed by atoms with Gasteiger partial charge in [-0.2, -0.15) is 0 Å². The first-order valence-corrected chi connectivity index (χ1v) is 6.79. The number of ether oxygens (including phenoxy) is 1. The van der Waals surface area contributed by atoms with Gasteiger partial charge >= 0.3 is 5.97 Å². The standard InChI is InChI=1S/C14H19N3O2/c1-19-14(18)12-6-10(15)7-16-13(12)17(11-4-5-11)8-9-2-3-9/h6-7,9,11H,2-5,8,15H2,1H3. The van der Waals surface area contributed by atoms with Crippen LogP contribution in [-0.2, 0) is 4.74 Å². The molecule has 1 aromatic rings. The minimum atomic E-state index is -0.365. The Morgan fingerprint density at radius 2 is 2.21 bits per heavy atom. The molecule has 1 aromatic heterocycles. The summed E-state index contributed by atoms with van der Waals surface area (Å²) in [4.78, 5) is 18.5. The molecule has 0 radical (unpaired) electrons. The topological polar surface area (TPSA) is 68.5 Å². The fourth-order valence-electron chi connectivity index (χ4n) is 2.34. The lowest BCUT2D eigenvalue weighted by atomic mass is 10.2. The molecule has 2 N–H and O–H groups in total. The van der Waals surface area contributed by atoms with E-state index in [-0.39, 0.29) is 5.97 Å². The van der Waals surface area contributed by atoms with E-state index in [0.717, 1.165) is 18.3 Å². The Labute approximate surface area is 112 Å². The van der Waals surface area contributed by atoms with E-state index in [9.17, 15) is 4.79 Å². The van der Waals surface area contributed by atoms with Crippen molar-refractivity contribution in [2.75, 3.05) is 24.3 Å². The third-order valence-corrected chi connectivity index (χ3v) is 3.70. The van der Waals surface area contributed by atoms with E-state index in [2.05, 4.69) is 9.88 Å². The van der Waals surface area contributed by atoms with Gasteiger partial charge in [0, 0.05) is 12.6 Å². The smallest absolute Gasteiger partial charge is 0.341 e. The number of carbonyl (C=O) groups excluding carboxylic acids is 1. The number of nitrogens with two attached hydrogens (primary N) is 1. The first-order chi connectivity index (χ1) is 9.19. The average Bonchev–Trinajstić information content (AvgIpc) is 3.27. The molecule has 0 bridgehead atoms. The molecular weight excluding hydrogens is 242 g/mol. The summed E-state index contributed by atoms with van der Waals surface area (Å²) >= 11 is 0. The van der Waals surface area contributed by atoms with Gasteiger partial charge in [-0.3, -0.25) is 0 Å². The van der Waals surface area contributed by atoms with Crippen molar-refractivity contribution in [1.82, 2.24) is 4.98 Å². The summed E-state index contributed by atoms with van der Waals surface area (Å²) in [7, 11) is 1.39. The number of aromatic nitrogens is 1. The molecular formula is C14H19N3O2. The molecule has 0 amide bonds. The largest absolute Gasteiger partial charge is 0.465 e. The van der Waals surface area contributed by atoms with E-state index in [1.54, 1.807) is 12.3 Å². The van der Waals surface area contributed by atoms with Crippen molar-refractivity contribution in [3.8, 4) is 0 Å². The number of nitrogens with zero attached hydrogens (tertiary/aromatic N) is 2. The van der Waals surface area contributed by atoms with Crippen LogP contribution in [0.4, 0.5) is 11.5 Å². The van der Waals surface area contributed by atoms with Gasteiger partial charge in [0.15, 0.2) is 0 Å².